The molecule has 1 aromatic carbocycles. The van der Waals surface area contributed by atoms with Gasteiger partial charge in [-0.2, -0.15) is 0 Å². The van der Waals surface area contributed by atoms with Crippen molar-refractivity contribution in [3.63, 3.8) is 0 Å². The first-order valence-corrected chi connectivity index (χ1v) is 7.23. The third-order valence-corrected chi connectivity index (χ3v) is 4.25. The molecule has 2 nitrogen and oxygen atoms in total. The lowest BCUT2D eigenvalue weighted by molar-refractivity contribution is 0.195. The molecule has 0 fully saturated rings. The van der Waals surface area contributed by atoms with Gasteiger partial charge in [0.15, 0.2) is 0 Å². The van der Waals surface area contributed by atoms with E-state index in [1.807, 2.05) is 17.5 Å². The number of thiophene rings is 1. The molecule has 18 heavy (non-hydrogen) atoms. The number of halogens is 3. The topological polar surface area (TPSA) is 32.3 Å². The Labute approximate surface area is 122 Å². The molecule has 2 rings (SSSR count). The minimum absolute atomic E-state index is 0.278. The van der Waals surface area contributed by atoms with E-state index in [-0.39, 0.29) is 5.02 Å². The third kappa shape index (κ3) is 3.23. The summed E-state index contributed by atoms with van der Waals surface area (Å²) in [6, 6.07) is 6.29. The lowest BCUT2D eigenvalue weighted by atomic mass is 10.2. The van der Waals surface area contributed by atoms with E-state index < -0.39 is 11.9 Å². The van der Waals surface area contributed by atoms with Crippen molar-refractivity contribution in [2.75, 3.05) is 11.9 Å². The Morgan fingerprint density at radius 3 is 2.89 bits per heavy atom. The normalized spacial score (nSPS) is 12.4. The minimum Gasteiger partial charge on any atom is -0.386 e. The second-order valence-corrected chi connectivity index (χ2v) is 5.90. The highest BCUT2D eigenvalue weighted by atomic mass is 79.9. The molecule has 0 bridgehead atoms. The van der Waals surface area contributed by atoms with Crippen molar-refractivity contribution in [3.8, 4) is 0 Å². The predicted octanol–water partition coefficient (Wildman–Crippen LogP) is 4.45. The number of benzene rings is 1. The van der Waals surface area contributed by atoms with Gasteiger partial charge in [0.2, 0.25) is 0 Å². The van der Waals surface area contributed by atoms with Gasteiger partial charge < -0.3 is 10.4 Å². The number of rotatable bonds is 4. The Morgan fingerprint density at radius 2 is 2.28 bits per heavy atom. The number of aliphatic hydroxyl groups excluding tert-OH is 1. The zero-order valence-corrected chi connectivity index (χ0v) is 12.3. The van der Waals surface area contributed by atoms with E-state index in [9.17, 15) is 9.50 Å². The van der Waals surface area contributed by atoms with Gasteiger partial charge in [0.05, 0.1) is 10.7 Å². The summed E-state index contributed by atoms with van der Waals surface area (Å²) in [6.07, 6.45) is -0.613. The van der Waals surface area contributed by atoms with Crippen LogP contribution in [0.1, 0.15) is 11.0 Å². The van der Waals surface area contributed by atoms with Crippen LogP contribution in [0.5, 0.6) is 0 Å². The van der Waals surface area contributed by atoms with Crippen molar-refractivity contribution < 1.29 is 9.50 Å². The second kappa shape index (κ2) is 6.02. The van der Waals surface area contributed by atoms with Gasteiger partial charge in [-0.3, -0.25) is 0 Å². The molecule has 0 spiro atoms. The molecule has 0 aliphatic carbocycles. The lowest BCUT2D eigenvalue weighted by Gasteiger charge is -2.14. The Kier molecular flexibility index (Phi) is 4.61. The molecule has 0 aliphatic rings. The van der Waals surface area contributed by atoms with Crippen molar-refractivity contribution >= 4 is 44.6 Å². The van der Waals surface area contributed by atoms with Gasteiger partial charge in [0.25, 0.3) is 0 Å². The summed E-state index contributed by atoms with van der Waals surface area (Å²) < 4.78 is 13.6. The SMILES string of the molecule is OC(CNc1c(Cl)cc(F)cc1Br)c1cccs1. The standard InChI is InChI=1S/C12H10BrClFNOS/c13-8-4-7(15)5-9(14)12(8)16-6-10(17)11-2-1-3-18-11/h1-5,10,16-17H,6H2. The maximum absolute atomic E-state index is 13.0. The van der Waals surface area contributed by atoms with E-state index in [2.05, 4.69) is 21.2 Å². The van der Waals surface area contributed by atoms with Gasteiger partial charge in [0.1, 0.15) is 11.9 Å². The molecular formula is C12H10BrClFNOS. The summed E-state index contributed by atoms with van der Waals surface area (Å²) in [5, 5.41) is 15.1. The number of anilines is 1. The largest absolute Gasteiger partial charge is 0.386 e. The van der Waals surface area contributed by atoms with Gasteiger partial charge in [-0.15, -0.1) is 11.3 Å². The molecule has 0 saturated carbocycles. The van der Waals surface area contributed by atoms with E-state index >= 15 is 0 Å². The summed E-state index contributed by atoms with van der Waals surface area (Å²) in [4.78, 5) is 0.872. The molecule has 0 saturated heterocycles. The van der Waals surface area contributed by atoms with E-state index in [0.717, 1.165) is 4.88 Å². The van der Waals surface area contributed by atoms with Gasteiger partial charge in [-0.1, -0.05) is 17.7 Å². The van der Waals surface area contributed by atoms with Crippen molar-refractivity contribution in [2.45, 2.75) is 6.10 Å². The molecule has 2 N–H and O–H groups in total. The van der Waals surface area contributed by atoms with Crippen LogP contribution in [0.2, 0.25) is 5.02 Å². The zero-order chi connectivity index (χ0) is 13.1. The average molecular weight is 351 g/mol. The average Bonchev–Trinajstić information content (AvgIpc) is 2.80. The molecule has 6 heteroatoms. The first-order valence-electron chi connectivity index (χ1n) is 5.18. The maximum Gasteiger partial charge on any atom is 0.125 e. The Morgan fingerprint density at radius 1 is 1.50 bits per heavy atom. The number of aliphatic hydroxyl groups is 1. The third-order valence-electron chi connectivity index (χ3n) is 2.35. The molecular weight excluding hydrogens is 341 g/mol. The van der Waals surface area contributed by atoms with Crippen LogP contribution in [0, 0.1) is 5.82 Å². The highest BCUT2D eigenvalue weighted by Crippen LogP contribution is 2.32. The predicted molar refractivity (Wildman–Crippen MR) is 76.9 cm³/mol. The van der Waals surface area contributed by atoms with Crippen LogP contribution >= 0.6 is 38.9 Å². The Bertz CT molecular complexity index is 512. The number of nitrogens with one attached hydrogen (secondary N) is 1. The molecule has 0 radical (unpaired) electrons. The summed E-state index contributed by atoms with van der Waals surface area (Å²) in [6.45, 7) is 0.310. The van der Waals surface area contributed by atoms with E-state index in [1.165, 1.54) is 23.5 Å². The molecule has 0 amide bonds. The number of hydrogen-bond donors (Lipinski definition) is 2. The molecule has 1 heterocycles. The second-order valence-electron chi connectivity index (χ2n) is 3.66. The maximum atomic E-state index is 13.0. The molecule has 96 valence electrons. The van der Waals surface area contributed by atoms with Crippen LogP contribution in [0.4, 0.5) is 10.1 Å². The zero-order valence-electron chi connectivity index (χ0n) is 9.16. The summed E-state index contributed by atoms with van der Waals surface area (Å²) in [7, 11) is 0. The lowest BCUT2D eigenvalue weighted by Crippen LogP contribution is -2.11. The quantitative estimate of drug-likeness (QED) is 0.854. The van der Waals surface area contributed by atoms with Crippen LogP contribution in [-0.2, 0) is 0 Å². The molecule has 1 atom stereocenters. The van der Waals surface area contributed by atoms with Gasteiger partial charge >= 0.3 is 0 Å². The van der Waals surface area contributed by atoms with Crippen LogP contribution < -0.4 is 5.32 Å². The fourth-order valence-corrected chi connectivity index (χ4v) is 3.16. The highest BCUT2D eigenvalue weighted by molar-refractivity contribution is 9.10. The van der Waals surface area contributed by atoms with Crippen molar-refractivity contribution in [1.82, 2.24) is 0 Å². The van der Waals surface area contributed by atoms with Crippen molar-refractivity contribution in [3.05, 3.63) is 49.8 Å². The van der Waals surface area contributed by atoms with Crippen molar-refractivity contribution in [1.29, 1.82) is 0 Å². The summed E-state index contributed by atoms with van der Waals surface area (Å²) in [5.41, 5.74) is 0.577. The Balaban J connectivity index is 2.07. The first kappa shape index (κ1) is 13.8. The fraction of sp³-hybridized carbons (Fsp3) is 0.167. The van der Waals surface area contributed by atoms with E-state index in [0.29, 0.717) is 16.7 Å². The van der Waals surface area contributed by atoms with E-state index in [1.54, 1.807) is 0 Å². The Hall–Kier alpha value is -0.620. The summed E-state index contributed by atoms with van der Waals surface area (Å²) in [5.74, 6) is -0.406. The molecule has 0 aliphatic heterocycles. The first-order chi connectivity index (χ1) is 8.58. The van der Waals surface area contributed by atoms with Crippen LogP contribution in [0.25, 0.3) is 0 Å². The number of hydrogen-bond acceptors (Lipinski definition) is 3. The van der Waals surface area contributed by atoms with Crippen molar-refractivity contribution in [2.24, 2.45) is 0 Å². The monoisotopic (exact) mass is 349 g/mol. The van der Waals surface area contributed by atoms with Crippen LogP contribution in [0.15, 0.2) is 34.1 Å². The minimum atomic E-state index is -0.613. The molecule has 2 aromatic rings. The summed E-state index contributed by atoms with van der Waals surface area (Å²) >= 11 is 10.6. The molecule has 1 aromatic heterocycles. The van der Waals surface area contributed by atoms with Gasteiger partial charge in [-0.05, 0) is 39.5 Å². The van der Waals surface area contributed by atoms with Crippen LogP contribution in [0.3, 0.4) is 0 Å². The fourth-order valence-electron chi connectivity index (χ4n) is 1.49. The van der Waals surface area contributed by atoms with Gasteiger partial charge in [-0.25, -0.2) is 4.39 Å². The molecule has 1 unspecified atom stereocenters. The highest BCUT2D eigenvalue weighted by Gasteiger charge is 2.12. The van der Waals surface area contributed by atoms with Crippen LogP contribution in [-0.4, -0.2) is 11.7 Å². The van der Waals surface area contributed by atoms with E-state index in [4.69, 9.17) is 11.6 Å². The smallest absolute Gasteiger partial charge is 0.125 e. The van der Waals surface area contributed by atoms with Gasteiger partial charge in [0, 0.05) is 15.9 Å².